The lowest BCUT2D eigenvalue weighted by Gasteiger charge is -2.45. The molecule has 1 aromatic rings. The molecule has 2 saturated carbocycles. The number of benzene rings is 1. The zero-order chi connectivity index (χ0) is 31.5. The first-order chi connectivity index (χ1) is 21.0. The lowest BCUT2D eigenvalue weighted by atomic mass is 9.85. The van der Waals surface area contributed by atoms with Crippen LogP contribution in [0.2, 0.25) is 0 Å². The standard InChI is InChI=1S/C33H39ClO10/c1-17(35)39-16-29-31(40-18(2)36)33(42-20(4)38)32(41-19(3)37)30(44-29)22-7-10-28(34)25(12-22)11-21-5-8-26(9-6-21)43-27-14-23-13-24(23)15-27/h5-9,12,23-24,27-33H,10-11,13-16H2,1-4H3/t23-,24+,27-,28?,29-,30+,31-,32+,33+/m1/s1. The Kier molecular flexibility index (Phi) is 10.00. The Morgan fingerprint density at radius 2 is 1.43 bits per heavy atom. The van der Waals surface area contributed by atoms with Gasteiger partial charge in [-0.05, 0) is 72.8 Å². The Morgan fingerprint density at radius 3 is 2.05 bits per heavy atom. The third-order valence-electron chi connectivity index (χ3n) is 8.47. The van der Waals surface area contributed by atoms with Crippen molar-refractivity contribution < 1.29 is 47.6 Å². The summed E-state index contributed by atoms with van der Waals surface area (Å²) in [4.78, 5) is 48.1. The molecule has 10 nitrogen and oxygen atoms in total. The molecule has 4 aliphatic rings. The van der Waals surface area contributed by atoms with E-state index in [9.17, 15) is 19.2 Å². The smallest absolute Gasteiger partial charge is 0.303 e. The van der Waals surface area contributed by atoms with Crippen molar-refractivity contribution in [1.29, 1.82) is 0 Å². The van der Waals surface area contributed by atoms with Gasteiger partial charge in [0.2, 0.25) is 0 Å². The second kappa shape index (κ2) is 13.7. The summed E-state index contributed by atoms with van der Waals surface area (Å²) < 4.78 is 34.5. The molecule has 0 N–H and O–H groups in total. The van der Waals surface area contributed by atoms with Crippen molar-refractivity contribution in [2.24, 2.45) is 11.8 Å². The average molecular weight is 631 g/mol. The highest BCUT2D eigenvalue weighted by Gasteiger charge is 2.53. The van der Waals surface area contributed by atoms with Crippen LogP contribution in [0.4, 0.5) is 0 Å². The summed E-state index contributed by atoms with van der Waals surface area (Å²) in [5.74, 6) is -0.0116. The van der Waals surface area contributed by atoms with Gasteiger partial charge < -0.3 is 28.4 Å². The maximum atomic E-state index is 12.2. The molecular formula is C33H39ClO10. The van der Waals surface area contributed by atoms with Crippen LogP contribution in [0, 0.1) is 11.8 Å². The fraction of sp³-hybridized carbons (Fsp3) is 0.576. The number of ether oxygens (including phenoxy) is 6. The summed E-state index contributed by atoms with van der Waals surface area (Å²) >= 11 is 6.76. The average Bonchev–Trinajstić information content (AvgIpc) is 3.56. The normalized spacial score (nSPS) is 32.3. The number of hydrogen-bond donors (Lipinski definition) is 0. The fourth-order valence-electron chi connectivity index (χ4n) is 6.48. The maximum absolute atomic E-state index is 12.2. The van der Waals surface area contributed by atoms with Gasteiger partial charge in [0.25, 0.3) is 0 Å². The van der Waals surface area contributed by atoms with Crippen LogP contribution >= 0.6 is 11.6 Å². The Balaban J connectivity index is 1.38. The van der Waals surface area contributed by atoms with Crippen LogP contribution < -0.4 is 4.74 Å². The largest absolute Gasteiger partial charge is 0.490 e. The van der Waals surface area contributed by atoms with E-state index < -0.39 is 54.4 Å². The molecule has 0 bridgehead atoms. The molecule has 11 heteroatoms. The highest BCUT2D eigenvalue weighted by atomic mass is 35.5. The summed E-state index contributed by atoms with van der Waals surface area (Å²) in [6, 6.07) is 8.04. The van der Waals surface area contributed by atoms with Gasteiger partial charge in [-0.25, -0.2) is 0 Å². The van der Waals surface area contributed by atoms with Gasteiger partial charge in [-0.15, -0.1) is 11.6 Å². The lowest BCUT2D eigenvalue weighted by molar-refractivity contribution is -0.245. The first-order valence-corrected chi connectivity index (χ1v) is 15.5. The molecule has 9 atom stereocenters. The van der Waals surface area contributed by atoms with Gasteiger partial charge in [-0.3, -0.25) is 19.2 Å². The molecule has 1 unspecified atom stereocenters. The van der Waals surface area contributed by atoms with Crippen molar-refractivity contribution in [2.45, 2.75) is 102 Å². The highest BCUT2D eigenvalue weighted by Crippen LogP contribution is 2.52. The number of carbonyl (C=O) groups excluding carboxylic acids is 4. The molecule has 1 aromatic carbocycles. The minimum atomic E-state index is -1.23. The Hall–Kier alpha value is -3.37. The van der Waals surface area contributed by atoms with Gasteiger partial charge in [-0.2, -0.15) is 0 Å². The summed E-state index contributed by atoms with van der Waals surface area (Å²) in [6.07, 6.45) is 3.18. The topological polar surface area (TPSA) is 124 Å². The lowest BCUT2D eigenvalue weighted by Crippen LogP contribution is -2.62. The van der Waals surface area contributed by atoms with Gasteiger partial charge in [0.1, 0.15) is 24.6 Å². The van der Waals surface area contributed by atoms with Crippen molar-refractivity contribution in [3.8, 4) is 5.75 Å². The molecule has 0 radical (unpaired) electrons. The van der Waals surface area contributed by atoms with E-state index in [2.05, 4.69) is 0 Å². The van der Waals surface area contributed by atoms with Crippen LogP contribution in [0.3, 0.4) is 0 Å². The third kappa shape index (κ3) is 8.01. The van der Waals surface area contributed by atoms with E-state index in [0.717, 1.165) is 41.6 Å². The number of carbonyl (C=O) groups is 4. The molecule has 1 aliphatic heterocycles. The van der Waals surface area contributed by atoms with E-state index in [1.54, 1.807) is 0 Å². The quantitative estimate of drug-likeness (QED) is 0.209. The summed E-state index contributed by atoms with van der Waals surface area (Å²) in [7, 11) is 0. The Labute approximate surface area is 262 Å². The predicted octanol–water partition coefficient (Wildman–Crippen LogP) is 4.40. The molecule has 238 valence electrons. The number of allylic oxidation sites excluding steroid dienone is 2. The molecule has 3 fully saturated rings. The van der Waals surface area contributed by atoms with E-state index in [4.69, 9.17) is 40.0 Å². The highest BCUT2D eigenvalue weighted by molar-refractivity contribution is 6.22. The fourth-order valence-corrected chi connectivity index (χ4v) is 6.71. The zero-order valence-corrected chi connectivity index (χ0v) is 26.1. The van der Waals surface area contributed by atoms with Crippen LogP contribution in [0.5, 0.6) is 5.75 Å². The van der Waals surface area contributed by atoms with Crippen molar-refractivity contribution in [1.82, 2.24) is 0 Å². The van der Waals surface area contributed by atoms with Crippen LogP contribution in [-0.4, -0.2) is 72.5 Å². The molecule has 0 aromatic heterocycles. The second-order valence-corrected chi connectivity index (χ2v) is 12.6. The Bertz CT molecular complexity index is 1310. The number of hydrogen-bond acceptors (Lipinski definition) is 10. The number of esters is 4. The van der Waals surface area contributed by atoms with Gasteiger partial charge in [0.05, 0.1) is 11.5 Å². The molecular weight excluding hydrogens is 592 g/mol. The van der Waals surface area contributed by atoms with Crippen molar-refractivity contribution in [3.05, 3.63) is 53.1 Å². The van der Waals surface area contributed by atoms with E-state index in [-0.39, 0.29) is 12.0 Å². The number of fused-ring (bicyclic) bond motifs is 1. The number of halogens is 1. The van der Waals surface area contributed by atoms with Crippen molar-refractivity contribution in [2.75, 3.05) is 6.61 Å². The number of alkyl halides is 1. The molecule has 0 amide bonds. The SMILES string of the molecule is CC(=O)OC[C@H]1O[C@@H](C2=CCC(Cl)C(Cc3ccc(O[C@H]4C[C@@H]5C[C@@H]5C4)cc3)=C2)[C@H](OC(C)=O)[C@@H](OC(C)=O)[C@@H]1OC(C)=O. The van der Waals surface area contributed by atoms with Crippen LogP contribution in [0.1, 0.15) is 58.9 Å². The first-order valence-electron chi connectivity index (χ1n) is 15.1. The van der Waals surface area contributed by atoms with Gasteiger partial charge in [0.15, 0.2) is 18.3 Å². The maximum Gasteiger partial charge on any atom is 0.303 e. The van der Waals surface area contributed by atoms with E-state index >= 15 is 0 Å². The second-order valence-electron chi connectivity index (χ2n) is 12.0. The molecule has 0 spiro atoms. The molecule has 1 heterocycles. The minimum absolute atomic E-state index is 0.285. The monoisotopic (exact) mass is 630 g/mol. The first kappa shape index (κ1) is 32.0. The summed E-state index contributed by atoms with van der Waals surface area (Å²) in [5.41, 5.74) is 2.61. The predicted molar refractivity (Wildman–Crippen MR) is 158 cm³/mol. The van der Waals surface area contributed by atoms with Gasteiger partial charge in [-0.1, -0.05) is 24.3 Å². The van der Waals surface area contributed by atoms with E-state index in [1.165, 1.54) is 34.1 Å². The Morgan fingerprint density at radius 1 is 0.818 bits per heavy atom. The van der Waals surface area contributed by atoms with Gasteiger partial charge >= 0.3 is 23.9 Å². The molecule has 5 rings (SSSR count). The third-order valence-corrected chi connectivity index (χ3v) is 8.93. The minimum Gasteiger partial charge on any atom is -0.490 e. The van der Waals surface area contributed by atoms with Crippen LogP contribution in [0.15, 0.2) is 47.6 Å². The van der Waals surface area contributed by atoms with Crippen molar-refractivity contribution >= 4 is 35.5 Å². The molecule has 1 saturated heterocycles. The van der Waals surface area contributed by atoms with Crippen LogP contribution in [-0.2, 0) is 49.3 Å². The summed E-state index contributed by atoms with van der Waals surface area (Å²) in [6.45, 7) is 4.56. The van der Waals surface area contributed by atoms with Gasteiger partial charge in [0, 0.05) is 27.7 Å². The van der Waals surface area contributed by atoms with E-state index in [1.807, 2.05) is 36.4 Å². The van der Waals surface area contributed by atoms with Crippen molar-refractivity contribution in [3.63, 3.8) is 0 Å². The van der Waals surface area contributed by atoms with Crippen LogP contribution in [0.25, 0.3) is 0 Å². The zero-order valence-electron chi connectivity index (χ0n) is 25.4. The molecule has 3 aliphatic carbocycles. The van der Waals surface area contributed by atoms with E-state index in [0.29, 0.717) is 24.5 Å². The summed E-state index contributed by atoms with van der Waals surface area (Å²) in [5, 5.41) is -0.287. The molecule has 44 heavy (non-hydrogen) atoms. The number of rotatable bonds is 10.